The molecule has 0 amide bonds. The zero-order valence-electron chi connectivity index (χ0n) is 9.93. The number of aromatic nitrogens is 2. The van der Waals surface area contributed by atoms with E-state index in [0.717, 1.165) is 19.6 Å². The van der Waals surface area contributed by atoms with E-state index in [1.165, 1.54) is 0 Å². The van der Waals surface area contributed by atoms with Crippen LogP contribution in [0.2, 0.25) is 0 Å². The predicted octanol–water partition coefficient (Wildman–Crippen LogP) is 3.23. The molecule has 2 aromatic heterocycles. The molecule has 0 aliphatic carbocycles. The lowest BCUT2D eigenvalue weighted by molar-refractivity contribution is 0.0392. The molecular weight excluding hydrogens is 300 g/mol. The van der Waals surface area contributed by atoms with E-state index >= 15 is 0 Å². The van der Waals surface area contributed by atoms with Crippen LogP contribution >= 0.6 is 15.9 Å². The topological polar surface area (TPSA) is 61.3 Å². The van der Waals surface area contributed by atoms with E-state index in [-0.39, 0.29) is 5.92 Å². The van der Waals surface area contributed by atoms with E-state index in [1.807, 2.05) is 12.1 Å². The molecule has 5 nitrogen and oxygen atoms in total. The highest BCUT2D eigenvalue weighted by atomic mass is 79.9. The molecule has 6 heteroatoms. The summed E-state index contributed by atoms with van der Waals surface area (Å²) in [5, 5.41) is 3.97. The van der Waals surface area contributed by atoms with Crippen molar-refractivity contribution in [2.24, 2.45) is 5.92 Å². The Labute approximate surface area is 113 Å². The molecule has 2 unspecified atom stereocenters. The second-order valence-corrected chi connectivity index (χ2v) is 5.29. The van der Waals surface area contributed by atoms with E-state index in [4.69, 9.17) is 13.7 Å². The summed E-state index contributed by atoms with van der Waals surface area (Å²) in [6.45, 7) is 3.63. The minimum Gasteiger partial charge on any atom is -0.446 e. The average Bonchev–Trinajstić information content (AvgIpc) is 2.98. The molecule has 1 fully saturated rings. The maximum absolute atomic E-state index is 5.41. The first-order chi connectivity index (χ1) is 8.74. The number of hydrogen-bond acceptors (Lipinski definition) is 5. The van der Waals surface area contributed by atoms with Crippen LogP contribution in [0.5, 0.6) is 0 Å². The highest BCUT2D eigenvalue weighted by Crippen LogP contribution is 2.32. The number of hydrogen-bond donors (Lipinski definition) is 0. The number of furan rings is 1. The Morgan fingerprint density at radius 1 is 1.39 bits per heavy atom. The summed E-state index contributed by atoms with van der Waals surface area (Å²) in [6.07, 6.45) is 0.921. The van der Waals surface area contributed by atoms with Gasteiger partial charge in [-0.1, -0.05) is 12.1 Å². The van der Waals surface area contributed by atoms with Crippen LogP contribution in [-0.2, 0) is 4.74 Å². The Morgan fingerprint density at radius 2 is 2.28 bits per heavy atom. The molecule has 18 heavy (non-hydrogen) atoms. The molecular formula is C12H13BrN2O3. The molecule has 1 aliphatic rings. The van der Waals surface area contributed by atoms with Gasteiger partial charge in [-0.2, -0.15) is 4.98 Å². The summed E-state index contributed by atoms with van der Waals surface area (Å²) in [6, 6.07) is 3.62. The van der Waals surface area contributed by atoms with Crippen molar-refractivity contribution in [3.05, 3.63) is 22.7 Å². The summed E-state index contributed by atoms with van der Waals surface area (Å²) in [4.78, 5) is 4.42. The van der Waals surface area contributed by atoms with E-state index in [0.29, 0.717) is 28.1 Å². The van der Waals surface area contributed by atoms with Crippen molar-refractivity contribution in [2.45, 2.75) is 19.3 Å². The van der Waals surface area contributed by atoms with Crippen molar-refractivity contribution in [2.75, 3.05) is 13.2 Å². The van der Waals surface area contributed by atoms with Gasteiger partial charge in [0.2, 0.25) is 11.7 Å². The number of ether oxygens (including phenoxy) is 1. The SMILES string of the molecule is CC1COCCC1c1nc(-c2ccc(Br)o2)no1. The fraction of sp³-hybridized carbons (Fsp3) is 0.500. The van der Waals surface area contributed by atoms with Gasteiger partial charge in [0.05, 0.1) is 0 Å². The first-order valence-electron chi connectivity index (χ1n) is 5.91. The van der Waals surface area contributed by atoms with Crippen molar-refractivity contribution in [1.29, 1.82) is 0 Å². The molecule has 0 bridgehead atoms. The van der Waals surface area contributed by atoms with Gasteiger partial charge in [-0.25, -0.2) is 0 Å². The van der Waals surface area contributed by atoms with Gasteiger partial charge in [-0.3, -0.25) is 0 Å². The van der Waals surface area contributed by atoms with Crippen LogP contribution in [0.4, 0.5) is 0 Å². The predicted molar refractivity (Wildman–Crippen MR) is 67.0 cm³/mol. The molecule has 1 aliphatic heterocycles. The zero-order valence-corrected chi connectivity index (χ0v) is 11.5. The van der Waals surface area contributed by atoms with Gasteiger partial charge in [-0.05, 0) is 40.4 Å². The Kier molecular flexibility index (Phi) is 3.22. The second kappa shape index (κ2) is 4.85. The van der Waals surface area contributed by atoms with Gasteiger partial charge in [0.1, 0.15) is 0 Å². The highest BCUT2D eigenvalue weighted by Gasteiger charge is 2.29. The smallest absolute Gasteiger partial charge is 0.238 e. The number of rotatable bonds is 2. The maximum Gasteiger partial charge on any atom is 0.238 e. The van der Waals surface area contributed by atoms with Gasteiger partial charge in [0.25, 0.3) is 0 Å². The monoisotopic (exact) mass is 312 g/mol. The molecule has 1 saturated heterocycles. The Balaban J connectivity index is 1.84. The number of nitrogens with zero attached hydrogens (tertiary/aromatic N) is 2. The Hall–Kier alpha value is -1.14. The van der Waals surface area contributed by atoms with E-state index in [9.17, 15) is 0 Å². The normalized spacial score (nSPS) is 24.3. The molecule has 2 atom stereocenters. The van der Waals surface area contributed by atoms with Gasteiger partial charge in [0, 0.05) is 19.1 Å². The third-order valence-electron chi connectivity index (χ3n) is 3.19. The molecule has 2 aromatic rings. The van der Waals surface area contributed by atoms with Crippen LogP contribution < -0.4 is 0 Å². The van der Waals surface area contributed by atoms with Gasteiger partial charge in [-0.15, -0.1) is 0 Å². The van der Waals surface area contributed by atoms with Gasteiger partial charge >= 0.3 is 0 Å². The van der Waals surface area contributed by atoms with Crippen LogP contribution in [0.3, 0.4) is 0 Å². The largest absolute Gasteiger partial charge is 0.446 e. The molecule has 0 aromatic carbocycles. The third kappa shape index (κ3) is 2.22. The lowest BCUT2D eigenvalue weighted by Crippen LogP contribution is -2.23. The molecule has 3 rings (SSSR count). The van der Waals surface area contributed by atoms with Crippen molar-refractivity contribution in [1.82, 2.24) is 10.1 Å². The van der Waals surface area contributed by atoms with Crippen molar-refractivity contribution in [3.8, 4) is 11.6 Å². The maximum atomic E-state index is 5.41. The molecule has 0 N–H and O–H groups in total. The van der Waals surface area contributed by atoms with Crippen LogP contribution in [-0.4, -0.2) is 23.4 Å². The molecule has 96 valence electrons. The average molecular weight is 313 g/mol. The molecule has 3 heterocycles. The number of halogens is 1. The van der Waals surface area contributed by atoms with Crippen LogP contribution in [0.25, 0.3) is 11.6 Å². The van der Waals surface area contributed by atoms with Crippen LogP contribution in [0, 0.1) is 5.92 Å². The minimum atomic E-state index is 0.276. The van der Waals surface area contributed by atoms with Crippen LogP contribution in [0.15, 0.2) is 25.7 Å². The lowest BCUT2D eigenvalue weighted by atomic mass is 9.90. The molecule has 0 radical (unpaired) electrons. The Morgan fingerprint density at radius 3 is 3.00 bits per heavy atom. The van der Waals surface area contributed by atoms with Crippen molar-refractivity contribution in [3.63, 3.8) is 0 Å². The van der Waals surface area contributed by atoms with Gasteiger partial charge in [0.15, 0.2) is 10.4 Å². The summed E-state index contributed by atoms with van der Waals surface area (Å²) in [7, 11) is 0. The first kappa shape index (κ1) is 11.9. The summed E-state index contributed by atoms with van der Waals surface area (Å²) < 4.78 is 16.8. The second-order valence-electron chi connectivity index (χ2n) is 4.51. The summed E-state index contributed by atoms with van der Waals surface area (Å²) >= 11 is 3.25. The van der Waals surface area contributed by atoms with E-state index in [1.54, 1.807) is 0 Å². The highest BCUT2D eigenvalue weighted by molar-refractivity contribution is 9.10. The van der Waals surface area contributed by atoms with E-state index in [2.05, 4.69) is 33.0 Å². The zero-order chi connectivity index (χ0) is 12.5. The van der Waals surface area contributed by atoms with Gasteiger partial charge < -0.3 is 13.7 Å². The summed E-state index contributed by atoms with van der Waals surface area (Å²) in [5.74, 6) is 2.45. The molecule has 0 spiro atoms. The Bertz CT molecular complexity index is 537. The van der Waals surface area contributed by atoms with Crippen LogP contribution in [0.1, 0.15) is 25.2 Å². The van der Waals surface area contributed by atoms with Crippen molar-refractivity contribution >= 4 is 15.9 Å². The van der Waals surface area contributed by atoms with Crippen molar-refractivity contribution < 1.29 is 13.7 Å². The standard InChI is InChI=1S/C12H13BrN2O3/c1-7-6-16-5-4-8(7)12-14-11(15-18-12)9-2-3-10(13)17-9/h2-3,7-8H,4-6H2,1H3. The lowest BCUT2D eigenvalue weighted by Gasteiger charge is -2.25. The summed E-state index contributed by atoms with van der Waals surface area (Å²) in [5.41, 5.74) is 0. The third-order valence-corrected chi connectivity index (χ3v) is 3.62. The fourth-order valence-corrected chi connectivity index (χ4v) is 2.47. The fourth-order valence-electron chi connectivity index (χ4n) is 2.17. The minimum absolute atomic E-state index is 0.276. The molecule has 0 saturated carbocycles. The first-order valence-corrected chi connectivity index (χ1v) is 6.70. The van der Waals surface area contributed by atoms with E-state index < -0.39 is 0 Å². The quantitative estimate of drug-likeness (QED) is 0.852.